The third-order valence-electron chi connectivity index (χ3n) is 3.46. The molecule has 0 spiro atoms. The maximum Gasteiger partial charge on any atom is 0.226 e. The molecule has 0 saturated heterocycles. The van der Waals surface area contributed by atoms with Gasteiger partial charge in [-0.2, -0.15) is 0 Å². The predicted octanol–water partition coefficient (Wildman–Crippen LogP) is 3.89. The van der Waals surface area contributed by atoms with Gasteiger partial charge < -0.3 is 9.69 Å². The molecule has 1 aromatic rings. The molecule has 0 fully saturated rings. The zero-order chi connectivity index (χ0) is 15.0. The van der Waals surface area contributed by atoms with E-state index in [2.05, 4.69) is 0 Å². The van der Waals surface area contributed by atoms with Crippen LogP contribution in [0.4, 0.5) is 5.69 Å². The number of hydrogen-bond donors (Lipinski definition) is 0. The summed E-state index contributed by atoms with van der Waals surface area (Å²) in [5.41, 5.74) is 2.14. The summed E-state index contributed by atoms with van der Waals surface area (Å²) in [4.78, 5) is 24.6. The van der Waals surface area contributed by atoms with Gasteiger partial charge in [-0.05, 0) is 38.8 Å². The Bertz CT molecular complexity index is 437. The van der Waals surface area contributed by atoms with Gasteiger partial charge in [0.05, 0.1) is 0 Å². The van der Waals surface area contributed by atoms with E-state index in [1.807, 2.05) is 38.2 Å². The Hall–Kier alpha value is -1.64. The highest BCUT2D eigenvalue weighted by atomic mass is 16.2. The fourth-order valence-electron chi connectivity index (χ4n) is 2.08. The summed E-state index contributed by atoms with van der Waals surface area (Å²) in [5.74, 6) is 0.403. The van der Waals surface area contributed by atoms with Crippen molar-refractivity contribution in [3.05, 3.63) is 29.8 Å². The number of amides is 1. The third-order valence-corrected chi connectivity index (χ3v) is 3.46. The van der Waals surface area contributed by atoms with E-state index < -0.39 is 0 Å². The topological polar surface area (TPSA) is 37.4 Å². The van der Waals surface area contributed by atoms with E-state index in [4.69, 9.17) is 0 Å². The lowest BCUT2D eigenvalue weighted by atomic mass is 10.1. The first-order valence-electron chi connectivity index (χ1n) is 7.33. The summed E-state index contributed by atoms with van der Waals surface area (Å²) in [6, 6.07) is 7.97. The number of ketones is 1. The van der Waals surface area contributed by atoms with Crippen molar-refractivity contribution in [2.24, 2.45) is 0 Å². The van der Waals surface area contributed by atoms with Crippen LogP contribution in [0.2, 0.25) is 0 Å². The quantitative estimate of drug-likeness (QED) is 0.675. The van der Waals surface area contributed by atoms with E-state index in [9.17, 15) is 9.59 Å². The van der Waals surface area contributed by atoms with E-state index in [1.54, 1.807) is 11.8 Å². The smallest absolute Gasteiger partial charge is 0.226 e. The molecule has 3 heteroatoms. The molecule has 110 valence electrons. The first-order chi connectivity index (χ1) is 9.50. The highest BCUT2D eigenvalue weighted by molar-refractivity contribution is 5.92. The van der Waals surface area contributed by atoms with E-state index >= 15 is 0 Å². The van der Waals surface area contributed by atoms with Crippen LogP contribution in [0, 0.1) is 6.92 Å². The minimum absolute atomic E-state index is 0.153. The monoisotopic (exact) mass is 275 g/mol. The summed E-state index contributed by atoms with van der Waals surface area (Å²) >= 11 is 0. The van der Waals surface area contributed by atoms with Crippen LogP contribution in [-0.2, 0) is 9.59 Å². The van der Waals surface area contributed by atoms with Crippen LogP contribution in [0.1, 0.15) is 51.0 Å². The van der Waals surface area contributed by atoms with E-state index in [1.165, 1.54) is 5.56 Å². The van der Waals surface area contributed by atoms with Gasteiger partial charge in [0.1, 0.15) is 5.78 Å². The third kappa shape index (κ3) is 6.00. The van der Waals surface area contributed by atoms with Crippen molar-refractivity contribution in [1.82, 2.24) is 0 Å². The molecule has 1 aromatic carbocycles. The number of rotatable bonds is 8. The molecule has 0 radical (unpaired) electrons. The number of aryl methyl sites for hydroxylation is 1. The van der Waals surface area contributed by atoms with Crippen LogP contribution in [0.3, 0.4) is 0 Å². The second-order valence-electron chi connectivity index (χ2n) is 5.40. The summed E-state index contributed by atoms with van der Waals surface area (Å²) in [6.45, 7) is 3.66. The molecule has 0 aromatic heterocycles. The number of hydrogen-bond acceptors (Lipinski definition) is 2. The lowest BCUT2D eigenvalue weighted by molar-refractivity contribution is -0.119. The fourth-order valence-corrected chi connectivity index (χ4v) is 2.08. The van der Waals surface area contributed by atoms with Crippen molar-refractivity contribution in [1.29, 1.82) is 0 Å². The summed E-state index contributed by atoms with van der Waals surface area (Å²) in [5, 5.41) is 0. The van der Waals surface area contributed by atoms with Gasteiger partial charge in [0.2, 0.25) is 5.91 Å². The minimum atomic E-state index is 0.153. The minimum Gasteiger partial charge on any atom is -0.316 e. The number of carbonyl (C=O) groups is 2. The number of unbranched alkanes of at least 4 members (excludes halogenated alkanes) is 3. The standard InChI is InChI=1S/C17H25NO2/c1-14-10-12-16(13-11-14)18(3)17(20)9-7-5-4-6-8-15(2)19/h10-13H,4-9H2,1-3H3. The first kappa shape index (κ1) is 16.4. The zero-order valence-corrected chi connectivity index (χ0v) is 12.8. The normalized spacial score (nSPS) is 10.3. The van der Waals surface area contributed by atoms with Gasteiger partial charge in [-0.15, -0.1) is 0 Å². The van der Waals surface area contributed by atoms with Crippen molar-refractivity contribution in [3.8, 4) is 0 Å². The Morgan fingerprint density at radius 3 is 2.05 bits per heavy atom. The average Bonchev–Trinajstić information content (AvgIpc) is 2.42. The number of carbonyl (C=O) groups excluding carboxylic acids is 2. The molecule has 0 aliphatic heterocycles. The molecular weight excluding hydrogens is 250 g/mol. The van der Waals surface area contributed by atoms with Crippen molar-refractivity contribution >= 4 is 17.4 Å². The lowest BCUT2D eigenvalue weighted by Crippen LogP contribution is -2.25. The van der Waals surface area contributed by atoms with Gasteiger partial charge in [0, 0.05) is 25.6 Å². The zero-order valence-electron chi connectivity index (χ0n) is 12.8. The summed E-state index contributed by atoms with van der Waals surface area (Å²) in [6.07, 6.45) is 5.12. The second kappa shape index (κ2) is 8.51. The molecule has 1 rings (SSSR count). The van der Waals surface area contributed by atoms with Gasteiger partial charge in [-0.3, -0.25) is 4.79 Å². The molecule has 20 heavy (non-hydrogen) atoms. The Morgan fingerprint density at radius 2 is 1.50 bits per heavy atom. The number of benzene rings is 1. The van der Waals surface area contributed by atoms with Crippen LogP contribution < -0.4 is 4.90 Å². The van der Waals surface area contributed by atoms with Gasteiger partial charge in [-0.1, -0.05) is 30.5 Å². The van der Waals surface area contributed by atoms with Crippen molar-refractivity contribution < 1.29 is 9.59 Å². The van der Waals surface area contributed by atoms with Gasteiger partial charge in [-0.25, -0.2) is 0 Å². The molecule has 0 N–H and O–H groups in total. The van der Waals surface area contributed by atoms with Crippen LogP contribution in [0.15, 0.2) is 24.3 Å². The van der Waals surface area contributed by atoms with Gasteiger partial charge >= 0.3 is 0 Å². The molecule has 0 saturated carbocycles. The van der Waals surface area contributed by atoms with Crippen LogP contribution in [0.5, 0.6) is 0 Å². The Balaban J connectivity index is 2.25. The van der Waals surface area contributed by atoms with Crippen LogP contribution in [-0.4, -0.2) is 18.7 Å². The Morgan fingerprint density at radius 1 is 0.950 bits per heavy atom. The molecular formula is C17H25NO2. The SMILES string of the molecule is CC(=O)CCCCCCC(=O)N(C)c1ccc(C)cc1. The number of Topliss-reactive ketones (excluding diaryl/α,β-unsaturated/α-hetero) is 1. The van der Waals surface area contributed by atoms with Crippen molar-refractivity contribution in [2.45, 2.75) is 52.4 Å². The number of nitrogens with zero attached hydrogens (tertiary/aromatic N) is 1. The molecule has 0 aliphatic rings. The maximum absolute atomic E-state index is 12.0. The molecule has 0 aliphatic carbocycles. The Kier molecular flexibility index (Phi) is 6.99. The van der Waals surface area contributed by atoms with E-state index in [0.717, 1.165) is 31.4 Å². The fraction of sp³-hybridized carbons (Fsp3) is 0.529. The lowest BCUT2D eigenvalue weighted by Gasteiger charge is -2.17. The van der Waals surface area contributed by atoms with E-state index in [0.29, 0.717) is 12.8 Å². The highest BCUT2D eigenvalue weighted by Gasteiger charge is 2.09. The Labute approximate surface area is 122 Å². The van der Waals surface area contributed by atoms with E-state index in [-0.39, 0.29) is 11.7 Å². The first-order valence-corrected chi connectivity index (χ1v) is 7.33. The molecule has 0 atom stereocenters. The second-order valence-corrected chi connectivity index (χ2v) is 5.40. The van der Waals surface area contributed by atoms with Crippen molar-refractivity contribution in [3.63, 3.8) is 0 Å². The maximum atomic E-state index is 12.0. The average molecular weight is 275 g/mol. The van der Waals surface area contributed by atoms with Gasteiger partial charge in [0.25, 0.3) is 0 Å². The predicted molar refractivity (Wildman–Crippen MR) is 83.0 cm³/mol. The molecule has 3 nitrogen and oxygen atoms in total. The summed E-state index contributed by atoms with van der Waals surface area (Å²) in [7, 11) is 1.82. The number of anilines is 1. The van der Waals surface area contributed by atoms with Crippen molar-refractivity contribution in [2.75, 3.05) is 11.9 Å². The molecule has 0 heterocycles. The molecule has 1 amide bonds. The van der Waals surface area contributed by atoms with Crippen LogP contribution >= 0.6 is 0 Å². The molecule has 0 unspecified atom stereocenters. The largest absolute Gasteiger partial charge is 0.316 e. The molecule has 0 bridgehead atoms. The van der Waals surface area contributed by atoms with Crippen LogP contribution in [0.25, 0.3) is 0 Å². The highest BCUT2D eigenvalue weighted by Crippen LogP contribution is 2.15. The van der Waals surface area contributed by atoms with Gasteiger partial charge in [0.15, 0.2) is 0 Å². The summed E-state index contributed by atoms with van der Waals surface area (Å²) < 4.78 is 0.